The second kappa shape index (κ2) is 5.15. The van der Waals surface area contributed by atoms with Crippen molar-refractivity contribution in [2.75, 3.05) is 11.4 Å². The molecule has 1 aromatic heterocycles. The molecule has 1 N–H and O–H groups in total. The van der Waals surface area contributed by atoms with E-state index in [1.807, 2.05) is 25.1 Å². The maximum Gasteiger partial charge on any atom is 0.433 e. The van der Waals surface area contributed by atoms with Gasteiger partial charge >= 0.3 is 6.18 Å². The number of benzene rings is 1. The molecule has 0 atom stereocenters. The molecule has 1 aliphatic rings. The summed E-state index contributed by atoms with van der Waals surface area (Å²) in [5.74, 6) is -0.0652. The molecule has 7 heteroatoms. The Bertz CT molecular complexity index is 767. The van der Waals surface area contributed by atoms with E-state index >= 15 is 0 Å². The van der Waals surface area contributed by atoms with Crippen molar-refractivity contribution in [3.63, 3.8) is 0 Å². The highest BCUT2D eigenvalue weighted by Gasteiger charge is 2.34. The molecule has 0 radical (unpaired) electrons. The molecule has 0 fully saturated rings. The smallest absolute Gasteiger partial charge is 0.312 e. The molecular weight excluding hydrogens is 295 g/mol. The molecule has 1 aromatic carbocycles. The van der Waals surface area contributed by atoms with E-state index in [0.29, 0.717) is 12.6 Å². The number of alkyl halides is 3. The quantitative estimate of drug-likeness (QED) is 0.880. The summed E-state index contributed by atoms with van der Waals surface area (Å²) in [5, 5.41) is 0. The first kappa shape index (κ1) is 14.6. The third kappa shape index (κ3) is 2.70. The van der Waals surface area contributed by atoms with Crippen LogP contribution in [0.2, 0.25) is 0 Å². The van der Waals surface area contributed by atoms with E-state index in [4.69, 9.17) is 0 Å². The van der Waals surface area contributed by atoms with Gasteiger partial charge in [-0.15, -0.1) is 0 Å². The number of aromatic amines is 1. The second-order valence-corrected chi connectivity index (χ2v) is 5.34. The first-order valence-corrected chi connectivity index (χ1v) is 6.90. The van der Waals surface area contributed by atoms with E-state index < -0.39 is 17.4 Å². The predicted octanol–water partition coefficient (Wildman–Crippen LogP) is 3.18. The molecule has 0 spiro atoms. The summed E-state index contributed by atoms with van der Waals surface area (Å²) in [7, 11) is 0. The molecular formula is C15H14F3N3O. The van der Waals surface area contributed by atoms with Gasteiger partial charge in [-0.3, -0.25) is 9.78 Å². The molecule has 116 valence electrons. The highest BCUT2D eigenvalue weighted by molar-refractivity contribution is 5.64. The summed E-state index contributed by atoms with van der Waals surface area (Å²) in [6, 6.07) is 6.23. The number of nitrogens with zero attached hydrogens (tertiary/aromatic N) is 2. The van der Waals surface area contributed by atoms with Crippen molar-refractivity contribution in [3.8, 4) is 0 Å². The summed E-state index contributed by atoms with van der Waals surface area (Å²) < 4.78 is 38.5. The number of hydrogen-bond donors (Lipinski definition) is 1. The normalized spacial score (nSPS) is 14.8. The highest BCUT2D eigenvalue weighted by Crippen LogP contribution is 2.33. The van der Waals surface area contributed by atoms with Crippen LogP contribution < -0.4 is 10.5 Å². The third-order valence-corrected chi connectivity index (χ3v) is 3.63. The van der Waals surface area contributed by atoms with Gasteiger partial charge in [0.1, 0.15) is 0 Å². The standard InChI is InChI=1S/C15H14F3N3O/c1-9-4-5-11-10(7-9)3-2-6-21(11)14-19-12(15(16,17)18)8-13(22)20-14/h4-5,7-8H,2-3,6H2,1H3,(H,19,20,22). The lowest BCUT2D eigenvalue weighted by Crippen LogP contribution is -2.29. The molecule has 0 saturated carbocycles. The van der Waals surface area contributed by atoms with Crippen molar-refractivity contribution < 1.29 is 13.2 Å². The topological polar surface area (TPSA) is 49.0 Å². The van der Waals surface area contributed by atoms with Gasteiger partial charge in [0, 0.05) is 18.3 Å². The molecule has 22 heavy (non-hydrogen) atoms. The minimum Gasteiger partial charge on any atom is -0.312 e. The lowest BCUT2D eigenvalue weighted by molar-refractivity contribution is -0.141. The van der Waals surface area contributed by atoms with E-state index in [9.17, 15) is 18.0 Å². The van der Waals surface area contributed by atoms with E-state index in [1.165, 1.54) is 0 Å². The third-order valence-electron chi connectivity index (χ3n) is 3.63. The Labute approximate surface area is 124 Å². The predicted molar refractivity (Wildman–Crippen MR) is 76.4 cm³/mol. The highest BCUT2D eigenvalue weighted by atomic mass is 19.4. The first-order valence-electron chi connectivity index (χ1n) is 6.90. The number of rotatable bonds is 1. The average molecular weight is 309 g/mol. The molecule has 0 aliphatic carbocycles. The minimum atomic E-state index is -4.64. The zero-order valence-electron chi connectivity index (χ0n) is 11.9. The van der Waals surface area contributed by atoms with Crippen molar-refractivity contribution in [1.29, 1.82) is 0 Å². The van der Waals surface area contributed by atoms with Crippen molar-refractivity contribution in [2.24, 2.45) is 0 Å². The number of halogens is 3. The number of nitrogens with one attached hydrogen (secondary N) is 1. The van der Waals surface area contributed by atoms with Crippen molar-refractivity contribution >= 4 is 11.6 Å². The molecule has 0 unspecified atom stereocenters. The van der Waals surface area contributed by atoms with Gasteiger partial charge in [0.25, 0.3) is 5.56 Å². The number of hydrogen-bond acceptors (Lipinski definition) is 3. The van der Waals surface area contributed by atoms with Crippen LogP contribution >= 0.6 is 0 Å². The van der Waals surface area contributed by atoms with E-state index in [2.05, 4.69) is 9.97 Å². The number of aromatic nitrogens is 2. The van der Waals surface area contributed by atoms with E-state index in [-0.39, 0.29) is 5.95 Å². The zero-order valence-corrected chi connectivity index (χ0v) is 11.9. The van der Waals surface area contributed by atoms with Crippen LogP contribution in [-0.2, 0) is 12.6 Å². The molecule has 1 aliphatic heterocycles. The van der Waals surface area contributed by atoms with Gasteiger partial charge in [-0.2, -0.15) is 13.2 Å². The van der Waals surface area contributed by atoms with Crippen LogP contribution in [0.1, 0.15) is 23.2 Å². The van der Waals surface area contributed by atoms with E-state index in [1.54, 1.807) is 4.90 Å². The Hall–Kier alpha value is -2.31. The second-order valence-electron chi connectivity index (χ2n) is 5.34. The van der Waals surface area contributed by atoms with Crippen LogP contribution in [0.3, 0.4) is 0 Å². The maximum absolute atomic E-state index is 12.8. The van der Waals surface area contributed by atoms with Crippen LogP contribution in [0.5, 0.6) is 0 Å². The molecule has 0 amide bonds. The average Bonchev–Trinajstić information content (AvgIpc) is 2.44. The molecule has 0 saturated heterocycles. The summed E-state index contributed by atoms with van der Waals surface area (Å²) in [6.07, 6.45) is -3.00. The molecule has 2 heterocycles. The molecule has 4 nitrogen and oxygen atoms in total. The number of H-pyrrole nitrogens is 1. The molecule has 0 bridgehead atoms. The van der Waals surface area contributed by atoms with Gasteiger partial charge in [0.2, 0.25) is 5.95 Å². The fourth-order valence-corrected chi connectivity index (χ4v) is 2.66. The lowest BCUT2D eigenvalue weighted by atomic mass is 10.00. The maximum atomic E-state index is 12.8. The lowest BCUT2D eigenvalue weighted by Gasteiger charge is -2.30. The van der Waals surface area contributed by atoms with Gasteiger partial charge < -0.3 is 4.90 Å². The first-order chi connectivity index (χ1) is 10.3. The number of fused-ring (bicyclic) bond motifs is 1. The van der Waals surface area contributed by atoms with Crippen LogP contribution in [0.25, 0.3) is 0 Å². The molecule has 2 aromatic rings. The van der Waals surface area contributed by atoms with Crippen LogP contribution in [0.15, 0.2) is 29.1 Å². The minimum absolute atomic E-state index is 0.0652. The fourth-order valence-electron chi connectivity index (χ4n) is 2.66. The summed E-state index contributed by atoms with van der Waals surface area (Å²) in [6.45, 7) is 2.48. The Morgan fingerprint density at radius 1 is 1.27 bits per heavy atom. The van der Waals surface area contributed by atoms with Gasteiger partial charge in [-0.05, 0) is 31.4 Å². The van der Waals surface area contributed by atoms with Gasteiger partial charge in [-0.25, -0.2) is 4.98 Å². The molecule has 3 rings (SSSR count). The summed E-state index contributed by atoms with van der Waals surface area (Å²) in [5.41, 5.74) is 0.943. The fraction of sp³-hybridized carbons (Fsp3) is 0.333. The van der Waals surface area contributed by atoms with Gasteiger partial charge in [0.05, 0.1) is 0 Å². The van der Waals surface area contributed by atoms with Gasteiger partial charge in [-0.1, -0.05) is 17.7 Å². The van der Waals surface area contributed by atoms with Crippen molar-refractivity contribution in [2.45, 2.75) is 25.9 Å². The largest absolute Gasteiger partial charge is 0.433 e. The van der Waals surface area contributed by atoms with Crippen molar-refractivity contribution in [3.05, 3.63) is 51.4 Å². The van der Waals surface area contributed by atoms with Crippen molar-refractivity contribution in [1.82, 2.24) is 9.97 Å². The number of anilines is 2. The van der Waals surface area contributed by atoms with E-state index in [0.717, 1.165) is 29.7 Å². The zero-order chi connectivity index (χ0) is 15.9. The Morgan fingerprint density at radius 3 is 2.77 bits per heavy atom. The Morgan fingerprint density at radius 2 is 2.05 bits per heavy atom. The Kier molecular flexibility index (Phi) is 3.42. The Balaban J connectivity index is 2.10. The SMILES string of the molecule is Cc1ccc2c(c1)CCCN2c1nc(C(F)(F)F)cc(=O)[nH]1. The monoisotopic (exact) mass is 309 g/mol. The van der Waals surface area contributed by atoms with Gasteiger partial charge in [0.15, 0.2) is 5.69 Å². The van der Waals surface area contributed by atoms with Crippen LogP contribution in [0.4, 0.5) is 24.8 Å². The summed E-state index contributed by atoms with van der Waals surface area (Å²) in [4.78, 5) is 19.2. The summed E-state index contributed by atoms with van der Waals surface area (Å²) >= 11 is 0. The van der Waals surface area contributed by atoms with Crippen LogP contribution in [-0.4, -0.2) is 16.5 Å². The van der Waals surface area contributed by atoms with Crippen LogP contribution in [0, 0.1) is 6.92 Å². The number of aryl methyl sites for hydroxylation is 2.